The van der Waals surface area contributed by atoms with Gasteiger partial charge in [0.25, 0.3) is 0 Å². The van der Waals surface area contributed by atoms with Gasteiger partial charge in [0.1, 0.15) is 11.2 Å². The van der Waals surface area contributed by atoms with Gasteiger partial charge in [-0.15, -0.1) is 0 Å². The van der Waals surface area contributed by atoms with Crippen molar-refractivity contribution in [2.45, 2.75) is 19.8 Å². The minimum absolute atomic E-state index is 0.830. The van der Waals surface area contributed by atoms with Gasteiger partial charge in [-0.05, 0) is 163 Å². The molecular weight excluding hydrogens is 1010 g/mol. The molecule has 0 unspecified atom stereocenters. The normalized spacial score (nSPS) is 11.8. The zero-order chi connectivity index (χ0) is 55.0. The fraction of sp³-hybridized carbons (Fsp3) is 0.0380. The van der Waals surface area contributed by atoms with Crippen LogP contribution >= 0.6 is 0 Å². The summed E-state index contributed by atoms with van der Waals surface area (Å²) >= 11 is 0. The number of hydrogen-bond acceptors (Lipinski definition) is 4. The Morgan fingerprint density at radius 1 is 0.277 bits per heavy atom. The summed E-state index contributed by atoms with van der Waals surface area (Å²) < 4.78 is 14.3. The third kappa shape index (κ3) is 8.13. The summed E-state index contributed by atoms with van der Waals surface area (Å²) in [4.78, 5) is 4.90. The molecule has 2 aromatic heterocycles. The molecule has 0 fully saturated rings. The molecule has 0 N–H and O–H groups in total. The third-order valence-electron chi connectivity index (χ3n) is 16.9. The first-order valence-electron chi connectivity index (χ1n) is 28.8. The Morgan fingerprint density at radius 3 is 1.16 bits per heavy atom. The number of rotatable bonds is 12. The molecule has 0 saturated heterocycles. The monoisotopic (exact) mass is 1060 g/mol. The molecule has 392 valence electrons. The van der Waals surface area contributed by atoms with Crippen molar-refractivity contribution in [3.63, 3.8) is 0 Å². The molecule has 0 atom stereocenters. The molecule has 14 aromatic carbocycles. The third-order valence-corrected chi connectivity index (χ3v) is 16.9. The van der Waals surface area contributed by atoms with E-state index in [1.807, 2.05) is 0 Å². The van der Waals surface area contributed by atoms with Crippen LogP contribution < -0.4 is 9.80 Å². The zero-order valence-electron chi connectivity index (χ0n) is 45.8. The van der Waals surface area contributed by atoms with Gasteiger partial charge in [0, 0.05) is 43.7 Å². The fourth-order valence-electron chi connectivity index (χ4n) is 13.0. The van der Waals surface area contributed by atoms with Gasteiger partial charge in [-0.1, -0.05) is 214 Å². The van der Waals surface area contributed by atoms with Gasteiger partial charge in [-0.3, -0.25) is 0 Å². The van der Waals surface area contributed by atoms with Crippen molar-refractivity contribution in [3.05, 3.63) is 291 Å². The summed E-state index contributed by atoms with van der Waals surface area (Å²) in [6, 6.07) is 103. The van der Waals surface area contributed by atoms with E-state index in [1.165, 1.54) is 38.2 Å². The highest BCUT2D eigenvalue weighted by Crippen LogP contribution is 2.53. The van der Waals surface area contributed by atoms with E-state index in [9.17, 15) is 0 Å². The Bertz CT molecular complexity index is 5070. The van der Waals surface area contributed by atoms with Crippen LogP contribution in [0.5, 0.6) is 0 Å². The lowest BCUT2D eigenvalue weighted by Gasteiger charge is -2.30. The van der Waals surface area contributed by atoms with E-state index in [0.717, 1.165) is 135 Å². The number of para-hydroxylation sites is 2. The van der Waals surface area contributed by atoms with Crippen LogP contribution in [0.25, 0.3) is 121 Å². The van der Waals surface area contributed by atoms with Crippen LogP contribution in [0.4, 0.5) is 34.1 Å². The molecule has 16 aromatic rings. The maximum Gasteiger partial charge on any atom is 0.159 e. The minimum Gasteiger partial charge on any atom is -0.454 e. The van der Waals surface area contributed by atoms with E-state index in [2.05, 4.69) is 302 Å². The molecule has 2 heterocycles. The molecule has 0 aliphatic carbocycles. The van der Waals surface area contributed by atoms with E-state index in [1.54, 1.807) is 0 Å². The SMILES string of the molecule is CCCc1cc(N(c2ccccc2)c2cc(-c3ccccc3)cc3c2oc2ccc(-c4ccccc4)cc23)c2ccc3ccc(N(c4ccccc4)c4cc(-c5ccccc5)cc5c4oc4ccc(-c6ccccc6)cc45)c4ccc1c2c34. The second-order valence-electron chi connectivity index (χ2n) is 21.8. The first-order valence-corrected chi connectivity index (χ1v) is 28.8. The van der Waals surface area contributed by atoms with Crippen molar-refractivity contribution in [2.75, 3.05) is 9.80 Å². The van der Waals surface area contributed by atoms with Gasteiger partial charge in [0.15, 0.2) is 11.2 Å². The van der Waals surface area contributed by atoms with Crippen molar-refractivity contribution in [1.29, 1.82) is 0 Å². The van der Waals surface area contributed by atoms with E-state index in [4.69, 9.17) is 8.83 Å². The molecule has 4 nitrogen and oxygen atoms in total. The number of fused-ring (bicyclic) bond motifs is 6. The van der Waals surface area contributed by atoms with Crippen LogP contribution in [0.3, 0.4) is 0 Å². The van der Waals surface area contributed by atoms with Crippen molar-refractivity contribution in [3.8, 4) is 44.5 Å². The minimum atomic E-state index is 0.830. The Balaban J connectivity index is 0.966. The molecular formula is C79H54N2O2. The van der Waals surface area contributed by atoms with Crippen LogP contribution in [-0.2, 0) is 6.42 Å². The molecule has 83 heavy (non-hydrogen) atoms. The molecule has 0 radical (unpaired) electrons. The van der Waals surface area contributed by atoms with Crippen molar-refractivity contribution in [1.82, 2.24) is 0 Å². The van der Waals surface area contributed by atoms with E-state index >= 15 is 0 Å². The quantitative estimate of drug-likeness (QED) is 0.114. The summed E-state index contributed by atoms with van der Waals surface area (Å²) in [5, 5.41) is 11.5. The first kappa shape index (κ1) is 48.2. The number of nitrogens with zero attached hydrogens (tertiary/aromatic N) is 2. The van der Waals surface area contributed by atoms with Crippen LogP contribution in [-0.4, -0.2) is 0 Å². The van der Waals surface area contributed by atoms with Gasteiger partial charge in [-0.2, -0.15) is 0 Å². The van der Waals surface area contributed by atoms with Crippen LogP contribution in [0.15, 0.2) is 294 Å². The maximum absolute atomic E-state index is 7.18. The topological polar surface area (TPSA) is 32.8 Å². The second kappa shape index (κ2) is 19.8. The van der Waals surface area contributed by atoms with Crippen molar-refractivity contribution in [2.24, 2.45) is 0 Å². The summed E-state index contributed by atoms with van der Waals surface area (Å²) in [7, 11) is 0. The maximum atomic E-state index is 7.18. The Labute approximate surface area is 481 Å². The molecule has 0 bridgehead atoms. The Kier molecular flexibility index (Phi) is 11.5. The van der Waals surface area contributed by atoms with Crippen LogP contribution in [0.2, 0.25) is 0 Å². The van der Waals surface area contributed by atoms with Crippen molar-refractivity contribution < 1.29 is 8.83 Å². The first-order chi connectivity index (χ1) is 41.1. The predicted octanol–water partition coefficient (Wildman–Crippen LogP) is 22.9. The number of anilines is 6. The van der Waals surface area contributed by atoms with Crippen LogP contribution in [0.1, 0.15) is 18.9 Å². The Hall–Kier alpha value is -10.7. The molecule has 0 saturated carbocycles. The van der Waals surface area contributed by atoms with Gasteiger partial charge < -0.3 is 18.6 Å². The largest absolute Gasteiger partial charge is 0.454 e. The Morgan fingerprint density at radius 2 is 0.675 bits per heavy atom. The van der Waals surface area contributed by atoms with E-state index in [-0.39, 0.29) is 0 Å². The lowest BCUT2D eigenvalue weighted by molar-refractivity contribution is 0.669. The second-order valence-corrected chi connectivity index (χ2v) is 21.8. The van der Waals surface area contributed by atoms with Gasteiger partial charge in [0.05, 0.1) is 22.7 Å². The number of furan rings is 2. The zero-order valence-corrected chi connectivity index (χ0v) is 45.8. The fourth-order valence-corrected chi connectivity index (χ4v) is 13.0. The summed E-state index contributed by atoms with van der Waals surface area (Å²) in [5.41, 5.74) is 20.0. The summed E-state index contributed by atoms with van der Waals surface area (Å²) in [5.74, 6) is 0. The molecule has 0 spiro atoms. The average Bonchev–Trinajstić information content (AvgIpc) is 2.01. The number of aryl methyl sites for hydroxylation is 1. The lowest BCUT2D eigenvalue weighted by atomic mass is 9.88. The smallest absolute Gasteiger partial charge is 0.159 e. The molecule has 0 aliphatic rings. The lowest BCUT2D eigenvalue weighted by Crippen LogP contribution is -2.12. The van der Waals surface area contributed by atoms with E-state index in [0.29, 0.717) is 0 Å². The highest BCUT2D eigenvalue weighted by molar-refractivity contribution is 6.29. The standard InChI is InChI=1S/C79H54N2O2/c1-2-21-58-48-71(81(62-32-19-8-20-33-62)73-50-60(54-28-15-6-16-29-54)47-69-67-45-57(52-24-11-4-12-25-52)37-43-75(67)83-79(69)73)65-38-34-55-35-41-70(64-40-39-63(58)77(65)76(55)64)80(61-30-17-7-18-31-61)72-49-59(53-26-13-5-14-27-53)46-68-66-44-56(51-22-9-3-10-23-51)36-42-74(66)82-78(68)72/h3-20,22-50H,2,21H2,1H3. The average molecular weight is 1060 g/mol. The molecule has 16 rings (SSSR count). The van der Waals surface area contributed by atoms with Crippen LogP contribution in [0, 0.1) is 0 Å². The number of benzene rings is 14. The van der Waals surface area contributed by atoms with Crippen molar-refractivity contribution >= 4 is 110 Å². The molecule has 0 amide bonds. The van der Waals surface area contributed by atoms with Gasteiger partial charge >= 0.3 is 0 Å². The van der Waals surface area contributed by atoms with Gasteiger partial charge in [0.2, 0.25) is 0 Å². The highest BCUT2D eigenvalue weighted by atomic mass is 16.3. The highest BCUT2D eigenvalue weighted by Gasteiger charge is 2.28. The van der Waals surface area contributed by atoms with Gasteiger partial charge in [-0.25, -0.2) is 0 Å². The summed E-state index contributed by atoms with van der Waals surface area (Å²) in [6.07, 6.45) is 1.89. The predicted molar refractivity (Wildman–Crippen MR) is 350 cm³/mol. The molecule has 4 heteroatoms. The number of hydrogen-bond donors (Lipinski definition) is 0. The summed E-state index contributed by atoms with van der Waals surface area (Å²) in [6.45, 7) is 2.29. The van der Waals surface area contributed by atoms with E-state index < -0.39 is 0 Å². The molecule has 0 aliphatic heterocycles.